The molecule has 2 aromatic rings. The first-order chi connectivity index (χ1) is 8.91. The first kappa shape index (κ1) is 14.4. The van der Waals surface area contributed by atoms with Gasteiger partial charge in [0.25, 0.3) is 0 Å². The summed E-state index contributed by atoms with van der Waals surface area (Å²) in [4.78, 5) is 0. The zero-order valence-electron chi connectivity index (χ0n) is 9.43. The molecule has 2 rings (SSSR count). The molecule has 0 aliphatic rings. The molecular weight excluding hydrogens is 343 g/mol. The molecule has 2 N–H and O–H groups in total. The van der Waals surface area contributed by atoms with Gasteiger partial charge in [-0.05, 0) is 33.6 Å². The topological polar surface area (TPSA) is 26.0 Å². The summed E-state index contributed by atoms with van der Waals surface area (Å²) in [5, 5.41) is 0.305. The van der Waals surface area contributed by atoms with Gasteiger partial charge in [-0.15, -0.1) is 0 Å². The SMILES string of the molecule is NC(c1cc(F)c(F)cc1F)c1cccc(Br)c1Cl. The van der Waals surface area contributed by atoms with Crippen LogP contribution in [0.1, 0.15) is 17.2 Å². The number of rotatable bonds is 2. The van der Waals surface area contributed by atoms with Crippen molar-refractivity contribution in [2.45, 2.75) is 6.04 Å². The van der Waals surface area contributed by atoms with Crippen LogP contribution in [0.15, 0.2) is 34.8 Å². The van der Waals surface area contributed by atoms with Crippen molar-refractivity contribution < 1.29 is 13.2 Å². The second kappa shape index (κ2) is 5.53. The maximum Gasteiger partial charge on any atom is 0.161 e. The highest BCUT2D eigenvalue weighted by Crippen LogP contribution is 2.33. The van der Waals surface area contributed by atoms with Crippen molar-refractivity contribution >= 4 is 27.5 Å². The van der Waals surface area contributed by atoms with Gasteiger partial charge in [0, 0.05) is 16.1 Å². The van der Waals surface area contributed by atoms with E-state index in [0.29, 0.717) is 21.1 Å². The maximum atomic E-state index is 13.7. The standard InChI is InChI=1S/C13H8BrClF3N/c14-8-3-1-2-6(12(8)15)13(19)7-4-10(17)11(18)5-9(7)16/h1-5,13H,19H2. The lowest BCUT2D eigenvalue weighted by molar-refractivity contribution is 0.487. The highest BCUT2D eigenvalue weighted by molar-refractivity contribution is 9.10. The molecule has 1 nitrogen and oxygen atoms in total. The van der Waals surface area contributed by atoms with E-state index in [-0.39, 0.29) is 5.56 Å². The summed E-state index contributed by atoms with van der Waals surface area (Å²) in [6.45, 7) is 0. The van der Waals surface area contributed by atoms with Crippen LogP contribution in [0.25, 0.3) is 0 Å². The third-order valence-electron chi connectivity index (χ3n) is 2.69. The van der Waals surface area contributed by atoms with E-state index >= 15 is 0 Å². The van der Waals surface area contributed by atoms with Crippen LogP contribution in [-0.4, -0.2) is 0 Å². The van der Waals surface area contributed by atoms with Gasteiger partial charge in [0.1, 0.15) is 5.82 Å². The highest BCUT2D eigenvalue weighted by Gasteiger charge is 2.20. The Bertz CT molecular complexity index is 634. The zero-order chi connectivity index (χ0) is 14.2. The number of benzene rings is 2. The molecule has 0 saturated carbocycles. The first-order valence-electron chi connectivity index (χ1n) is 5.25. The van der Waals surface area contributed by atoms with Gasteiger partial charge in [-0.1, -0.05) is 23.7 Å². The summed E-state index contributed by atoms with van der Waals surface area (Å²) < 4.78 is 40.3. The monoisotopic (exact) mass is 349 g/mol. The molecule has 0 aliphatic carbocycles. The normalized spacial score (nSPS) is 12.5. The van der Waals surface area contributed by atoms with Gasteiger partial charge < -0.3 is 5.73 Å². The molecule has 1 atom stereocenters. The van der Waals surface area contributed by atoms with E-state index in [9.17, 15) is 13.2 Å². The molecule has 19 heavy (non-hydrogen) atoms. The van der Waals surface area contributed by atoms with Gasteiger partial charge in [0.2, 0.25) is 0 Å². The Morgan fingerprint density at radius 2 is 1.63 bits per heavy atom. The smallest absolute Gasteiger partial charge is 0.161 e. The molecule has 0 heterocycles. The Labute approximate surface area is 121 Å². The van der Waals surface area contributed by atoms with Gasteiger partial charge in [0.05, 0.1) is 11.1 Å². The minimum Gasteiger partial charge on any atom is -0.320 e. The van der Waals surface area contributed by atoms with E-state index in [1.54, 1.807) is 18.2 Å². The fourth-order valence-electron chi connectivity index (χ4n) is 1.70. The van der Waals surface area contributed by atoms with Crippen molar-refractivity contribution in [1.82, 2.24) is 0 Å². The summed E-state index contributed by atoms with van der Waals surface area (Å²) in [5.74, 6) is -3.32. The fourth-order valence-corrected chi connectivity index (χ4v) is 2.33. The third-order valence-corrected chi connectivity index (χ3v) is 4.00. The van der Waals surface area contributed by atoms with Crippen LogP contribution in [0.4, 0.5) is 13.2 Å². The lowest BCUT2D eigenvalue weighted by atomic mass is 9.99. The predicted molar refractivity (Wildman–Crippen MR) is 71.5 cm³/mol. The second-order valence-corrected chi connectivity index (χ2v) is 5.14. The highest BCUT2D eigenvalue weighted by atomic mass is 79.9. The average Bonchev–Trinajstić information content (AvgIpc) is 2.36. The van der Waals surface area contributed by atoms with Crippen LogP contribution in [0, 0.1) is 17.5 Å². The summed E-state index contributed by atoms with van der Waals surface area (Å²) in [6.07, 6.45) is 0. The Morgan fingerprint density at radius 1 is 1.00 bits per heavy atom. The van der Waals surface area contributed by atoms with Crippen molar-refractivity contribution in [3.63, 3.8) is 0 Å². The minimum atomic E-state index is -1.26. The number of halogens is 5. The molecule has 0 saturated heterocycles. The average molecular weight is 351 g/mol. The van der Waals surface area contributed by atoms with Crippen LogP contribution in [0.5, 0.6) is 0 Å². The number of hydrogen-bond donors (Lipinski definition) is 1. The molecule has 1 unspecified atom stereocenters. The Balaban J connectivity index is 2.53. The zero-order valence-corrected chi connectivity index (χ0v) is 11.8. The van der Waals surface area contributed by atoms with Gasteiger partial charge in [0.15, 0.2) is 11.6 Å². The lowest BCUT2D eigenvalue weighted by Crippen LogP contribution is -2.15. The van der Waals surface area contributed by atoms with Gasteiger partial charge in [-0.25, -0.2) is 13.2 Å². The first-order valence-corrected chi connectivity index (χ1v) is 6.43. The largest absolute Gasteiger partial charge is 0.320 e. The molecule has 0 amide bonds. The predicted octanol–water partition coefficient (Wildman–Crippen LogP) is 4.57. The quantitative estimate of drug-likeness (QED) is 0.789. The van der Waals surface area contributed by atoms with Crippen LogP contribution in [0.3, 0.4) is 0 Å². The van der Waals surface area contributed by atoms with Crippen molar-refractivity contribution in [1.29, 1.82) is 0 Å². The molecule has 0 fully saturated rings. The third kappa shape index (κ3) is 2.78. The van der Waals surface area contributed by atoms with E-state index in [0.717, 1.165) is 6.07 Å². The van der Waals surface area contributed by atoms with E-state index in [1.165, 1.54) is 0 Å². The van der Waals surface area contributed by atoms with Crippen molar-refractivity contribution in [2.75, 3.05) is 0 Å². The van der Waals surface area contributed by atoms with Crippen molar-refractivity contribution in [3.8, 4) is 0 Å². The van der Waals surface area contributed by atoms with Crippen LogP contribution in [0.2, 0.25) is 5.02 Å². The number of hydrogen-bond acceptors (Lipinski definition) is 1. The van der Waals surface area contributed by atoms with E-state index in [1.807, 2.05) is 0 Å². The van der Waals surface area contributed by atoms with E-state index < -0.39 is 23.5 Å². The van der Waals surface area contributed by atoms with Crippen LogP contribution < -0.4 is 5.73 Å². The Kier molecular flexibility index (Phi) is 4.18. The lowest BCUT2D eigenvalue weighted by Gasteiger charge is -2.16. The van der Waals surface area contributed by atoms with Gasteiger partial charge in [-0.3, -0.25) is 0 Å². The fraction of sp³-hybridized carbons (Fsp3) is 0.0769. The molecule has 0 radical (unpaired) electrons. The Hall–Kier alpha value is -1.04. The van der Waals surface area contributed by atoms with Crippen molar-refractivity contribution in [3.05, 3.63) is 68.4 Å². The summed E-state index contributed by atoms with van der Waals surface area (Å²) in [6, 6.07) is 5.19. The minimum absolute atomic E-state index is 0.154. The molecule has 0 spiro atoms. The molecule has 0 bridgehead atoms. The molecule has 6 heteroatoms. The van der Waals surface area contributed by atoms with Gasteiger partial charge >= 0.3 is 0 Å². The molecular formula is C13H8BrClF3N. The molecule has 2 aromatic carbocycles. The van der Waals surface area contributed by atoms with Crippen LogP contribution >= 0.6 is 27.5 Å². The summed E-state index contributed by atoms with van der Waals surface area (Å²) >= 11 is 9.26. The number of nitrogens with two attached hydrogens (primary N) is 1. The summed E-state index contributed by atoms with van der Waals surface area (Å²) in [5.41, 5.74) is 6.14. The van der Waals surface area contributed by atoms with E-state index in [4.69, 9.17) is 17.3 Å². The van der Waals surface area contributed by atoms with Crippen LogP contribution in [-0.2, 0) is 0 Å². The molecule has 100 valence electrons. The maximum absolute atomic E-state index is 13.7. The second-order valence-electron chi connectivity index (χ2n) is 3.91. The van der Waals surface area contributed by atoms with E-state index in [2.05, 4.69) is 15.9 Å². The van der Waals surface area contributed by atoms with Crippen molar-refractivity contribution in [2.24, 2.45) is 5.73 Å². The summed E-state index contributed by atoms with van der Waals surface area (Å²) in [7, 11) is 0. The Morgan fingerprint density at radius 3 is 2.32 bits per heavy atom. The van der Waals surface area contributed by atoms with Gasteiger partial charge in [-0.2, -0.15) is 0 Å². The molecule has 0 aromatic heterocycles. The molecule has 0 aliphatic heterocycles.